The Morgan fingerprint density at radius 3 is 1.10 bits per heavy atom. The van der Waals surface area contributed by atoms with Gasteiger partial charge in [-0.05, 0) is 14.1 Å². The van der Waals surface area contributed by atoms with Gasteiger partial charge in [-0.3, -0.25) is 15.9 Å². The third-order valence-electron chi connectivity index (χ3n) is 0.470. The van der Waals surface area contributed by atoms with Gasteiger partial charge in [0.05, 0.1) is 0 Å². The molecule has 0 unspecified atom stereocenters. The average Bonchev–Trinajstić information content (AvgIpc) is 2.20. The molecule has 0 bridgehead atoms. The largest absolute Gasteiger partial charge is 2.00 e. The average molecular weight is 633 g/mol. The molecule has 8 heteroatoms. The van der Waals surface area contributed by atoms with Gasteiger partial charge in [0.15, 0.2) is 0 Å². The first-order chi connectivity index (χ1) is 7.01. The van der Waals surface area contributed by atoms with Crippen LogP contribution in [0, 0.1) is 22.3 Å². The number of hydrogen-bond acceptors (Lipinski definition) is 4. The summed E-state index contributed by atoms with van der Waals surface area (Å²) >= 11 is 0. The normalized spacial score (nSPS) is 4.30. The molecule has 0 aromatic rings. The first kappa shape index (κ1) is 59.8. The van der Waals surface area contributed by atoms with Crippen LogP contribution < -0.4 is 16.0 Å². The fourth-order valence-corrected chi connectivity index (χ4v) is 0. The monoisotopic (exact) mass is 633 g/mol. The first-order valence-electron chi connectivity index (χ1n) is 4.18. The summed E-state index contributed by atoms with van der Waals surface area (Å²) in [5.41, 5.74) is 0. The van der Waals surface area contributed by atoms with E-state index in [2.05, 4.69) is 16.0 Å². The Bertz CT molecular complexity index is 141. The van der Waals surface area contributed by atoms with Gasteiger partial charge in [-0.15, -0.1) is 0 Å². The second-order valence-corrected chi connectivity index (χ2v) is 1.92. The van der Waals surface area contributed by atoms with Gasteiger partial charge < -0.3 is 43.0 Å². The van der Waals surface area contributed by atoms with Crippen LogP contribution in [0.15, 0.2) is 0 Å². The predicted molar refractivity (Wildman–Crippen MR) is 80.5 cm³/mol. The van der Waals surface area contributed by atoms with E-state index >= 15 is 0 Å². The molecule has 0 saturated heterocycles. The van der Waals surface area contributed by atoms with Crippen LogP contribution in [-0.4, -0.2) is 46.8 Å². The van der Waals surface area contributed by atoms with E-state index in [1.807, 2.05) is 14.1 Å². The fourth-order valence-electron chi connectivity index (χ4n) is 0. The second kappa shape index (κ2) is 96.6. The molecule has 0 aromatic heterocycles. The molecule has 0 aliphatic rings. The smallest absolute Gasteiger partial charge is 0.542 e. The fraction of sp³-hybridized carbons (Fsp3) is 0.500. The zero-order valence-corrected chi connectivity index (χ0v) is 20.0. The number of amides is 2. The van der Waals surface area contributed by atoms with Gasteiger partial charge >= 0.3 is 42.1 Å². The third-order valence-corrected chi connectivity index (χ3v) is 0.470. The van der Waals surface area contributed by atoms with E-state index in [1.165, 1.54) is 20.1 Å². The molecule has 0 spiro atoms. The van der Waals surface area contributed by atoms with Crippen molar-refractivity contribution >= 4 is 18.6 Å². The first-order valence-corrected chi connectivity index (χ1v) is 4.18. The number of carbonyl (C=O) groups is 2. The molecule has 0 aliphatic carbocycles. The molecule has 0 radical (unpaired) electrons. The molecule has 0 saturated carbocycles. The summed E-state index contributed by atoms with van der Waals surface area (Å²) in [6.45, 7) is 2.79. The molecular weight excluding hydrogens is 602 g/mol. The van der Waals surface area contributed by atoms with Crippen molar-refractivity contribution < 1.29 is 56.5 Å². The maximum atomic E-state index is 9.70. The van der Waals surface area contributed by atoms with Crippen LogP contribution in [0.5, 0.6) is 0 Å². The van der Waals surface area contributed by atoms with Gasteiger partial charge in [0, 0.05) is 21.0 Å². The minimum atomic E-state index is 0. The van der Waals surface area contributed by atoms with E-state index in [0.717, 1.165) is 0 Å². The Balaban J connectivity index is -0.0000000108. The molecule has 6 nitrogen and oxygen atoms in total. The van der Waals surface area contributed by atoms with E-state index in [0.29, 0.717) is 6.41 Å². The third kappa shape index (κ3) is 594. The molecule has 0 rings (SSSR count). The SMILES string of the molecule is CNC.CNC(C)=O.CNC=O.C[C-]=O.[CH3-].[CH3-].[CH3-].[W+2].[W+2]. The maximum Gasteiger partial charge on any atom is 2.00 e. The minimum absolute atomic E-state index is 0. The summed E-state index contributed by atoms with van der Waals surface area (Å²) < 4.78 is 0. The Hall–Kier alpha value is -0.0534. The van der Waals surface area contributed by atoms with Crippen molar-refractivity contribution in [1.82, 2.24) is 16.0 Å². The van der Waals surface area contributed by atoms with Crippen LogP contribution in [0.1, 0.15) is 13.8 Å². The molecule has 20 heavy (non-hydrogen) atoms. The van der Waals surface area contributed by atoms with E-state index in [4.69, 9.17) is 9.59 Å². The summed E-state index contributed by atoms with van der Waals surface area (Å²) in [4.78, 5) is 27.4. The molecule has 124 valence electrons. The van der Waals surface area contributed by atoms with Crippen molar-refractivity contribution in [2.75, 3.05) is 28.2 Å². The van der Waals surface area contributed by atoms with E-state index in [9.17, 15) is 4.79 Å². The van der Waals surface area contributed by atoms with Crippen molar-refractivity contribution in [3.8, 4) is 0 Å². The van der Waals surface area contributed by atoms with Crippen LogP contribution in [0.2, 0.25) is 0 Å². The Kier molecular flexibility index (Phi) is 289. The van der Waals surface area contributed by atoms with Gasteiger partial charge in [-0.1, -0.05) is 0 Å². The molecule has 2 amide bonds. The van der Waals surface area contributed by atoms with E-state index in [-0.39, 0.29) is 70.3 Å². The van der Waals surface area contributed by atoms with Crippen LogP contribution in [0.3, 0.4) is 0 Å². The number of nitrogens with one attached hydrogen (secondary N) is 3. The van der Waals surface area contributed by atoms with Crippen LogP contribution in [0.25, 0.3) is 0 Å². The molecular formula is C12H31N3O3W2. The molecule has 0 aliphatic heterocycles. The number of hydrogen-bond donors (Lipinski definition) is 3. The van der Waals surface area contributed by atoms with Gasteiger partial charge in [-0.25, -0.2) is 0 Å². The Morgan fingerprint density at radius 2 is 1.10 bits per heavy atom. The molecule has 0 aromatic carbocycles. The van der Waals surface area contributed by atoms with Crippen molar-refractivity contribution in [3.63, 3.8) is 0 Å². The quantitative estimate of drug-likeness (QED) is 0.289. The summed E-state index contributed by atoms with van der Waals surface area (Å²) in [5, 5.41) is 7.39. The van der Waals surface area contributed by atoms with Crippen molar-refractivity contribution in [1.29, 1.82) is 0 Å². The number of carbonyl (C=O) groups excluding carboxylic acids is 3. The maximum absolute atomic E-state index is 9.70. The van der Waals surface area contributed by atoms with Crippen molar-refractivity contribution in [2.45, 2.75) is 13.8 Å². The topological polar surface area (TPSA) is 87.3 Å². The van der Waals surface area contributed by atoms with Gasteiger partial charge in [-0.2, -0.15) is 6.92 Å². The summed E-state index contributed by atoms with van der Waals surface area (Å²) in [6, 6.07) is 0. The molecule has 0 heterocycles. The number of rotatable bonds is 1. The Morgan fingerprint density at radius 1 is 1.00 bits per heavy atom. The Labute approximate surface area is 155 Å². The van der Waals surface area contributed by atoms with Gasteiger partial charge in [0.25, 0.3) is 0 Å². The standard InChI is InChI=1S/C3H7NO.C2H5NO.C2H7N.C2H3O.3CH3.2W/c1-3(5)4-2;1-3-2-4;1-3-2;1-2-3;;;;;/h1-2H3,(H,4,5);2H,1H3,(H,3,4);3H,1-2H3;1H3;3*1H3;;/q;;;4*-1;2*+2. The predicted octanol–water partition coefficient (Wildman–Crippen LogP) is 0.412. The van der Waals surface area contributed by atoms with Gasteiger partial charge in [0.1, 0.15) is 0 Å². The van der Waals surface area contributed by atoms with Crippen molar-refractivity contribution in [3.05, 3.63) is 22.3 Å². The zero-order valence-electron chi connectivity index (χ0n) is 14.1. The summed E-state index contributed by atoms with van der Waals surface area (Å²) in [6.07, 6.45) is 2.12. The summed E-state index contributed by atoms with van der Waals surface area (Å²) in [7, 11) is 6.91. The molecule has 0 atom stereocenters. The van der Waals surface area contributed by atoms with E-state index < -0.39 is 0 Å². The van der Waals surface area contributed by atoms with Crippen LogP contribution in [-0.2, 0) is 56.5 Å². The van der Waals surface area contributed by atoms with Crippen molar-refractivity contribution in [2.24, 2.45) is 0 Å². The van der Waals surface area contributed by atoms with E-state index in [1.54, 1.807) is 14.1 Å². The zero-order chi connectivity index (χ0) is 13.1. The second-order valence-electron chi connectivity index (χ2n) is 1.92. The van der Waals surface area contributed by atoms with Gasteiger partial charge in [0.2, 0.25) is 12.3 Å². The van der Waals surface area contributed by atoms with Crippen LogP contribution in [0.4, 0.5) is 0 Å². The van der Waals surface area contributed by atoms with Crippen LogP contribution >= 0.6 is 0 Å². The minimum Gasteiger partial charge on any atom is -0.542 e. The summed E-state index contributed by atoms with van der Waals surface area (Å²) in [5.74, 6) is 0.00463. The molecule has 3 N–H and O–H groups in total. The molecule has 0 fully saturated rings.